The molecule has 0 spiro atoms. The van der Waals surface area contributed by atoms with Crippen LogP contribution in [0, 0.1) is 0 Å². The second kappa shape index (κ2) is 11.9. The van der Waals surface area contributed by atoms with Crippen molar-refractivity contribution in [3.8, 4) is 11.5 Å². The lowest BCUT2D eigenvalue weighted by Crippen LogP contribution is -2.38. The smallest absolute Gasteiger partial charge is 0.249 e. The van der Waals surface area contributed by atoms with Crippen molar-refractivity contribution >= 4 is 5.91 Å². The van der Waals surface area contributed by atoms with Gasteiger partial charge in [0, 0.05) is 13.7 Å². The average Bonchev–Trinajstić information content (AvgIpc) is 2.72. The summed E-state index contributed by atoms with van der Waals surface area (Å²) in [6.45, 7) is 5.86. The monoisotopic (exact) mass is 395 g/mol. The first-order chi connectivity index (χ1) is 13.5. The number of carbonyl (C=O) groups is 1. The van der Waals surface area contributed by atoms with Gasteiger partial charge in [0.25, 0.3) is 0 Å². The number of rotatable bonds is 11. The largest absolute Gasteiger partial charge is 0.493 e. The molecule has 158 valence electrons. The van der Waals surface area contributed by atoms with Crippen molar-refractivity contribution in [2.75, 3.05) is 40.6 Å². The summed E-state index contributed by atoms with van der Waals surface area (Å²) >= 11 is 0. The van der Waals surface area contributed by atoms with Crippen molar-refractivity contribution in [2.24, 2.45) is 0 Å². The van der Waals surface area contributed by atoms with Gasteiger partial charge in [-0.1, -0.05) is 6.07 Å². The zero-order valence-corrected chi connectivity index (χ0v) is 17.4. The molecule has 7 heteroatoms. The maximum absolute atomic E-state index is 12.4. The highest BCUT2D eigenvalue weighted by molar-refractivity contribution is 5.80. The van der Waals surface area contributed by atoms with Crippen LogP contribution in [-0.2, 0) is 19.0 Å². The summed E-state index contributed by atoms with van der Waals surface area (Å²) in [5.41, 5.74) is 0.923. The summed E-state index contributed by atoms with van der Waals surface area (Å²) in [4.78, 5) is 12.4. The number of hydrogen-bond acceptors (Lipinski definition) is 6. The van der Waals surface area contributed by atoms with Crippen LogP contribution in [0.3, 0.4) is 0 Å². The molecule has 1 heterocycles. The van der Waals surface area contributed by atoms with E-state index in [0.717, 1.165) is 31.4 Å². The molecule has 1 amide bonds. The number of ether oxygens (including phenoxy) is 5. The highest BCUT2D eigenvalue weighted by atomic mass is 16.5. The summed E-state index contributed by atoms with van der Waals surface area (Å²) < 4.78 is 27.4. The standard InChI is InChI=1S/C21H33NO6/c1-15(17-8-9-19(20(13-17)25-4)27-12-11-24-3)22-21(23)16(2)28-14-18-7-5-6-10-26-18/h8-9,13,15-16,18H,5-7,10-12,14H2,1-4H3,(H,22,23). The predicted octanol–water partition coefficient (Wildman–Crippen LogP) is 2.87. The van der Waals surface area contributed by atoms with Gasteiger partial charge in [0.1, 0.15) is 12.7 Å². The van der Waals surface area contributed by atoms with Crippen LogP contribution in [0.5, 0.6) is 11.5 Å². The maximum atomic E-state index is 12.4. The molecule has 7 nitrogen and oxygen atoms in total. The fourth-order valence-corrected chi connectivity index (χ4v) is 2.99. The zero-order chi connectivity index (χ0) is 20.4. The van der Waals surface area contributed by atoms with Crippen molar-refractivity contribution < 1.29 is 28.5 Å². The molecule has 0 aromatic heterocycles. The van der Waals surface area contributed by atoms with E-state index in [0.29, 0.717) is 31.3 Å². The van der Waals surface area contributed by atoms with Crippen LogP contribution in [0.4, 0.5) is 0 Å². The van der Waals surface area contributed by atoms with Gasteiger partial charge in [-0.3, -0.25) is 4.79 Å². The summed E-state index contributed by atoms with van der Waals surface area (Å²) in [5, 5.41) is 2.99. The molecule has 1 aliphatic rings. The van der Waals surface area contributed by atoms with Gasteiger partial charge >= 0.3 is 0 Å². The van der Waals surface area contributed by atoms with E-state index in [2.05, 4.69) is 5.32 Å². The van der Waals surface area contributed by atoms with E-state index in [-0.39, 0.29) is 18.1 Å². The first kappa shape index (κ1) is 22.5. The van der Waals surface area contributed by atoms with Crippen LogP contribution < -0.4 is 14.8 Å². The maximum Gasteiger partial charge on any atom is 0.249 e. The van der Waals surface area contributed by atoms with Crippen LogP contribution in [-0.4, -0.2) is 58.8 Å². The summed E-state index contributed by atoms with van der Waals surface area (Å²) in [6, 6.07) is 5.43. The van der Waals surface area contributed by atoms with E-state index in [9.17, 15) is 4.79 Å². The van der Waals surface area contributed by atoms with E-state index in [1.807, 2.05) is 25.1 Å². The second-order valence-corrected chi connectivity index (χ2v) is 6.95. The number of amides is 1. The molecule has 28 heavy (non-hydrogen) atoms. The molecule has 3 atom stereocenters. The third-order valence-electron chi connectivity index (χ3n) is 4.77. The van der Waals surface area contributed by atoms with Crippen molar-refractivity contribution in [1.29, 1.82) is 0 Å². The van der Waals surface area contributed by atoms with Gasteiger partial charge in [0.2, 0.25) is 5.91 Å². The number of nitrogens with one attached hydrogen (secondary N) is 1. The molecule has 1 aliphatic heterocycles. The minimum Gasteiger partial charge on any atom is -0.493 e. The van der Waals surface area contributed by atoms with E-state index in [4.69, 9.17) is 23.7 Å². The lowest BCUT2D eigenvalue weighted by Gasteiger charge is -2.24. The molecular formula is C21H33NO6. The Hall–Kier alpha value is -1.83. The van der Waals surface area contributed by atoms with Crippen LogP contribution in [0.2, 0.25) is 0 Å². The van der Waals surface area contributed by atoms with Crippen LogP contribution in [0.15, 0.2) is 18.2 Å². The van der Waals surface area contributed by atoms with E-state index in [1.54, 1.807) is 21.1 Å². The molecule has 0 radical (unpaired) electrons. The number of benzene rings is 1. The Balaban J connectivity index is 1.86. The Morgan fingerprint density at radius 1 is 1.21 bits per heavy atom. The fourth-order valence-electron chi connectivity index (χ4n) is 2.99. The first-order valence-corrected chi connectivity index (χ1v) is 9.88. The Bertz CT molecular complexity index is 603. The van der Waals surface area contributed by atoms with E-state index >= 15 is 0 Å². The first-order valence-electron chi connectivity index (χ1n) is 9.88. The summed E-state index contributed by atoms with van der Waals surface area (Å²) in [6.07, 6.45) is 2.80. The summed E-state index contributed by atoms with van der Waals surface area (Å²) in [5.74, 6) is 1.11. The van der Waals surface area contributed by atoms with Gasteiger partial charge in [-0.2, -0.15) is 0 Å². The van der Waals surface area contributed by atoms with E-state index < -0.39 is 6.10 Å². The quantitative estimate of drug-likeness (QED) is 0.581. The molecule has 1 aromatic rings. The Morgan fingerprint density at radius 2 is 2.04 bits per heavy atom. The molecule has 0 saturated carbocycles. The van der Waals surface area contributed by atoms with Crippen LogP contribution >= 0.6 is 0 Å². The van der Waals surface area contributed by atoms with Crippen molar-refractivity contribution in [2.45, 2.75) is 51.4 Å². The Morgan fingerprint density at radius 3 is 2.71 bits per heavy atom. The highest BCUT2D eigenvalue weighted by Gasteiger charge is 2.21. The molecule has 3 unspecified atom stereocenters. The van der Waals surface area contributed by atoms with Gasteiger partial charge < -0.3 is 29.0 Å². The topological polar surface area (TPSA) is 75.3 Å². The number of methoxy groups -OCH3 is 2. The molecule has 1 aromatic carbocycles. The fraction of sp³-hybridized carbons (Fsp3) is 0.667. The second-order valence-electron chi connectivity index (χ2n) is 6.95. The molecule has 1 N–H and O–H groups in total. The zero-order valence-electron chi connectivity index (χ0n) is 17.4. The number of carbonyl (C=O) groups excluding carboxylic acids is 1. The molecule has 0 bridgehead atoms. The lowest BCUT2D eigenvalue weighted by molar-refractivity contribution is -0.136. The highest BCUT2D eigenvalue weighted by Crippen LogP contribution is 2.30. The Kier molecular flexibility index (Phi) is 9.54. The minimum absolute atomic E-state index is 0.0938. The third kappa shape index (κ3) is 6.96. The average molecular weight is 395 g/mol. The van der Waals surface area contributed by atoms with Gasteiger partial charge in [0.15, 0.2) is 11.5 Å². The van der Waals surface area contributed by atoms with Crippen LogP contribution in [0.25, 0.3) is 0 Å². The van der Waals surface area contributed by atoms with Crippen LogP contribution in [0.1, 0.15) is 44.7 Å². The van der Waals surface area contributed by atoms with Crippen molar-refractivity contribution in [3.63, 3.8) is 0 Å². The minimum atomic E-state index is -0.536. The molecule has 1 saturated heterocycles. The predicted molar refractivity (Wildman–Crippen MR) is 106 cm³/mol. The number of hydrogen-bond donors (Lipinski definition) is 1. The molecule has 0 aliphatic carbocycles. The van der Waals surface area contributed by atoms with Gasteiger partial charge in [-0.05, 0) is 50.8 Å². The van der Waals surface area contributed by atoms with Crippen molar-refractivity contribution in [1.82, 2.24) is 5.32 Å². The molecular weight excluding hydrogens is 362 g/mol. The van der Waals surface area contributed by atoms with E-state index in [1.165, 1.54) is 0 Å². The van der Waals surface area contributed by atoms with Crippen molar-refractivity contribution in [3.05, 3.63) is 23.8 Å². The SMILES string of the molecule is COCCOc1ccc(C(C)NC(=O)C(C)OCC2CCCCO2)cc1OC. The third-order valence-corrected chi connectivity index (χ3v) is 4.77. The van der Waals surface area contributed by atoms with Gasteiger partial charge in [-0.25, -0.2) is 0 Å². The summed E-state index contributed by atoms with van der Waals surface area (Å²) in [7, 11) is 3.22. The molecule has 2 rings (SSSR count). The van der Waals surface area contributed by atoms with Gasteiger partial charge in [-0.15, -0.1) is 0 Å². The normalized spacial score (nSPS) is 18.9. The molecule has 1 fully saturated rings. The Labute approximate surface area is 167 Å². The lowest BCUT2D eigenvalue weighted by atomic mass is 10.1. The van der Waals surface area contributed by atoms with Gasteiger partial charge in [0.05, 0.1) is 32.5 Å².